The van der Waals surface area contributed by atoms with Gasteiger partial charge in [-0.3, -0.25) is 10.1 Å². The zero-order valence-corrected chi connectivity index (χ0v) is 16.4. The third-order valence-corrected chi connectivity index (χ3v) is 4.83. The first-order valence-corrected chi connectivity index (χ1v) is 9.59. The SMILES string of the molecule is O=C(Oc1ccc(C(=O)OC2CCCN(C(=O)O)CC2)cc1)c1ccc([N+](=O)[O-])cc1. The first-order valence-electron chi connectivity index (χ1n) is 9.59. The van der Waals surface area contributed by atoms with E-state index in [4.69, 9.17) is 14.6 Å². The van der Waals surface area contributed by atoms with Gasteiger partial charge in [0.1, 0.15) is 11.9 Å². The summed E-state index contributed by atoms with van der Waals surface area (Å²) in [5, 5.41) is 19.7. The molecule has 0 spiro atoms. The number of amides is 1. The van der Waals surface area contributed by atoms with Crippen molar-refractivity contribution in [3.8, 4) is 5.75 Å². The highest BCUT2D eigenvalue weighted by Gasteiger charge is 2.23. The molecular formula is C21H20N2O8. The number of carbonyl (C=O) groups excluding carboxylic acids is 2. The van der Waals surface area contributed by atoms with E-state index in [9.17, 15) is 24.5 Å². The minimum absolute atomic E-state index is 0.135. The van der Waals surface area contributed by atoms with Crippen LogP contribution in [0.25, 0.3) is 0 Å². The molecule has 10 heteroatoms. The van der Waals surface area contributed by atoms with Crippen LogP contribution in [-0.4, -0.2) is 52.2 Å². The molecule has 3 rings (SSSR count). The van der Waals surface area contributed by atoms with Gasteiger partial charge in [-0.05, 0) is 49.2 Å². The van der Waals surface area contributed by atoms with Gasteiger partial charge in [0.2, 0.25) is 0 Å². The predicted octanol–water partition coefficient (Wildman–Crippen LogP) is 3.50. The summed E-state index contributed by atoms with van der Waals surface area (Å²) in [4.78, 5) is 47.0. The van der Waals surface area contributed by atoms with Gasteiger partial charge in [0.15, 0.2) is 0 Å². The first kappa shape index (κ1) is 21.8. The van der Waals surface area contributed by atoms with Crippen molar-refractivity contribution in [1.29, 1.82) is 0 Å². The van der Waals surface area contributed by atoms with E-state index in [1.165, 1.54) is 53.4 Å². The standard InChI is InChI=1S/C21H20N2O8/c24-19(14-3-7-16(8-4-14)23(28)29)31-18-9-5-15(6-10-18)20(25)30-17-2-1-12-22(13-11-17)21(26)27/h3-10,17H,1-2,11-13H2,(H,26,27). The van der Waals surface area contributed by atoms with Crippen LogP contribution in [0.1, 0.15) is 40.0 Å². The Labute approximate surface area is 177 Å². The normalized spacial score (nSPS) is 16.1. The van der Waals surface area contributed by atoms with Gasteiger partial charge in [0, 0.05) is 31.6 Å². The number of nitro benzene ring substituents is 1. The molecule has 0 saturated carbocycles. The van der Waals surface area contributed by atoms with E-state index in [0.717, 1.165) is 0 Å². The predicted molar refractivity (Wildman–Crippen MR) is 107 cm³/mol. The van der Waals surface area contributed by atoms with E-state index in [-0.39, 0.29) is 28.7 Å². The van der Waals surface area contributed by atoms with Crippen molar-refractivity contribution in [1.82, 2.24) is 4.90 Å². The molecular weight excluding hydrogens is 408 g/mol. The highest BCUT2D eigenvalue weighted by molar-refractivity contribution is 5.92. The molecule has 1 heterocycles. The van der Waals surface area contributed by atoms with Crippen LogP contribution in [0.2, 0.25) is 0 Å². The number of likely N-dealkylation sites (tertiary alicyclic amines) is 1. The second-order valence-electron chi connectivity index (χ2n) is 6.95. The number of nitrogens with zero attached hydrogens (tertiary/aromatic N) is 2. The number of benzene rings is 2. The summed E-state index contributed by atoms with van der Waals surface area (Å²) < 4.78 is 10.7. The summed E-state index contributed by atoms with van der Waals surface area (Å²) in [7, 11) is 0. The zero-order chi connectivity index (χ0) is 22.4. The van der Waals surface area contributed by atoms with Crippen molar-refractivity contribution in [3.05, 3.63) is 69.8 Å². The Balaban J connectivity index is 1.55. The molecule has 0 bridgehead atoms. The maximum absolute atomic E-state index is 12.4. The molecule has 1 aliphatic rings. The van der Waals surface area contributed by atoms with Gasteiger partial charge in [-0.1, -0.05) is 0 Å². The van der Waals surface area contributed by atoms with Crippen LogP contribution in [0.4, 0.5) is 10.5 Å². The molecule has 1 fully saturated rings. The summed E-state index contributed by atoms with van der Waals surface area (Å²) in [6, 6.07) is 10.8. The lowest BCUT2D eigenvalue weighted by molar-refractivity contribution is -0.384. The Kier molecular flexibility index (Phi) is 6.81. The van der Waals surface area contributed by atoms with Crippen LogP contribution in [0.5, 0.6) is 5.75 Å². The average molecular weight is 428 g/mol. The van der Waals surface area contributed by atoms with Gasteiger partial charge in [0.05, 0.1) is 16.1 Å². The topological polar surface area (TPSA) is 136 Å². The van der Waals surface area contributed by atoms with Crippen molar-refractivity contribution in [2.75, 3.05) is 13.1 Å². The lowest BCUT2D eigenvalue weighted by Gasteiger charge is -2.17. The van der Waals surface area contributed by atoms with Crippen molar-refractivity contribution >= 4 is 23.7 Å². The third-order valence-electron chi connectivity index (χ3n) is 4.83. The Bertz CT molecular complexity index is 972. The Hall–Kier alpha value is -3.95. The minimum atomic E-state index is -0.981. The number of nitro groups is 1. The number of carboxylic acid groups (broad SMARTS) is 1. The largest absolute Gasteiger partial charge is 0.465 e. The van der Waals surface area contributed by atoms with Crippen molar-refractivity contribution < 1.29 is 33.9 Å². The number of carbonyl (C=O) groups is 3. The highest BCUT2D eigenvalue weighted by atomic mass is 16.6. The van der Waals surface area contributed by atoms with E-state index >= 15 is 0 Å². The summed E-state index contributed by atoms with van der Waals surface area (Å²) >= 11 is 0. The summed E-state index contributed by atoms with van der Waals surface area (Å²) in [5.74, 6) is -1.03. The quantitative estimate of drug-likeness (QED) is 0.331. The van der Waals surface area contributed by atoms with E-state index in [1.54, 1.807) is 0 Å². The van der Waals surface area contributed by atoms with Gasteiger partial charge >= 0.3 is 18.0 Å². The van der Waals surface area contributed by atoms with Crippen molar-refractivity contribution in [3.63, 3.8) is 0 Å². The van der Waals surface area contributed by atoms with Gasteiger partial charge in [-0.25, -0.2) is 14.4 Å². The molecule has 1 atom stereocenters. The number of hydrogen-bond acceptors (Lipinski definition) is 7. The molecule has 2 aromatic rings. The number of rotatable bonds is 5. The molecule has 2 aromatic carbocycles. The third kappa shape index (κ3) is 5.78. The highest BCUT2D eigenvalue weighted by Crippen LogP contribution is 2.19. The average Bonchev–Trinajstić information content (AvgIpc) is 3.00. The summed E-state index contributed by atoms with van der Waals surface area (Å²) in [5.41, 5.74) is 0.288. The van der Waals surface area contributed by atoms with E-state index in [2.05, 4.69) is 0 Å². The molecule has 0 aliphatic carbocycles. The fourth-order valence-corrected chi connectivity index (χ4v) is 3.14. The lowest BCUT2D eigenvalue weighted by atomic mass is 10.1. The molecule has 10 nitrogen and oxygen atoms in total. The molecule has 0 aromatic heterocycles. The molecule has 1 aliphatic heterocycles. The van der Waals surface area contributed by atoms with Crippen LogP contribution in [0.3, 0.4) is 0 Å². The van der Waals surface area contributed by atoms with Crippen LogP contribution >= 0.6 is 0 Å². The van der Waals surface area contributed by atoms with E-state index in [1.807, 2.05) is 0 Å². The van der Waals surface area contributed by atoms with Crippen LogP contribution in [0.15, 0.2) is 48.5 Å². The first-order chi connectivity index (χ1) is 14.8. The fraction of sp³-hybridized carbons (Fsp3) is 0.286. The molecule has 1 amide bonds. The summed E-state index contributed by atoms with van der Waals surface area (Å²) in [6.45, 7) is 0.725. The van der Waals surface area contributed by atoms with Gasteiger partial charge < -0.3 is 19.5 Å². The molecule has 1 N–H and O–H groups in total. The zero-order valence-electron chi connectivity index (χ0n) is 16.4. The van der Waals surface area contributed by atoms with Crippen LogP contribution < -0.4 is 4.74 Å². The van der Waals surface area contributed by atoms with Crippen molar-refractivity contribution in [2.45, 2.75) is 25.4 Å². The van der Waals surface area contributed by atoms with Gasteiger partial charge in [0.25, 0.3) is 5.69 Å². The Morgan fingerprint density at radius 2 is 1.55 bits per heavy atom. The maximum Gasteiger partial charge on any atom is 0.407 e. The summed E-state index contributed by atoms with van der Waals surface area (Å²) in [6.07, 6.45) is 0.285. The minimum Gasteiger partial charge on any atom is -0.465 e. The van der Waals surface area contributed by atoms with Crippen LogP contribution in [0, 0.1) is 10.1 Å². The molecule has 1 unspecified atom stereocenters. The van der Waals surface area contributed by atoms with Crippen LogP contribution in [-0.2, 0) is 4.74 Å². The number of hydrogen-bond donors (Lipinski definition) is 1. The van der Waals surface area contributed by atoms with E-state index in [0.29, 0.717) is 32.4 Å². The maximum atomic E-state index is 12.4. The Morgan fingerprint density at radius 1 is 0.935 bits per heavy atom. The van der Waals surface area contributed by atoms with E-state index < -0.39 is 23.0 Å². The number of ether oxygens (including phenoxy) is 2. The molecule has 1 saturated heterocycles. The van der Waals surface area contributed by atoms with Gasteiger partial charge in [-0.15, -0.1) is 0 Å². The lowest BCUT2D eigenvalue weighted by Crippen LogP contribution is -2.30. The second-order valence-corrected chi connectivity index (χ2v) is 6.95. The molecule has 31 heavy (non-hydrogen) atoms. The molecule has 0 radical (unpaired) electrons. The Morgan fingerprint density at radius 3 is 2.16 bits per heavy atom. The monoisotopic (exact) mass is 428 g/mol. The molecule has 162 valence electrons. The van der Waals surface area contributed by atoms with Gasteiger partial charge in [-0.2, -0.15) is 0 Å². The second kappa shape index (κ2) is 9.70. The number of non-ortho nitro benzene ring substituents is 1. The van der Waals surface area contributed by atoms with Crippen molar-refractivity contribution in [2.24, 2.45) is 0 Å². The fourth-order valence-electron chi connectivity index (χ4n) is 3.14. The smallest absolute Gasteiger partial charge is 0.407 e. The number of esters is 2.